The highest BCUT2D eigenvalue weighted by Crippen LogP contribution is 2.27. The largest absolute Gasteiger partial charge is 0.352 e. The molecular weight excluding hydrogens is 254 g/mol. The molecule has 0 bridgehead atoms. The molecule has 0 saturated carbocycles. The fourth-order valence-corrected chi connectivity index (χ4v) is 1.93. The van der Waals surface area contributed by atoms with Crippen molar-refractivity contribution in [3.63, 3.8) is 0 Å². The van der Waals surface area contributed by atoms with Gasteiger partial charge >= 0.3 is 0 Å². The lowest BCUT2D eigenvalue weighted by Crippen LogP contribution is -2.47. The van der Waals surface area contributed by atoms with Crippen LogP contribution in [-0.4, -0.2) is 24.1 Å². The number of hydrogen-bond donors (Lipinski definition) is 1. The van der Waals surface area contributed by atoms with E-state index in [4.69, 9.17) is 5.73 Å². The van der Waals surface area contributed by atoms with E-state index in [1.807, 2.05) is 20.2 Å². The summed E-state index contributed by atoms with van der Waals surface area (Å²) in [5, 5.41) is 0. The maximum absolute atomic E-state index is 5.74. The summed E-state index contributed by atoms with van der Waals surface area (Å²) in [6.07, 6.45) is 1.86. The Morgan fingerprint density at radius 1 is 1.53 bits per heavy atom. The van der Waals surface area contributed by atoms with E-state index in [-0.39, 0.29) is 5.54 Å². The van der Waals surface area contributed by atoms with Crippen LogP contribution in [0.25, 0.3) is 0 Å². The second-order valence-electron chi connectivity index (χ2n) is 4.39. The predicted octanol–water partition coefficient (Wildman–Crippen LogP) is 2.33. The van der Waals surface area contributed by atoms with Gasteiger partial charge in [0.15, 0.2) is 0 Å². The number of aryl methyl sites for hydroxylation is 1. The van der Waals surface area contributed by atoms with Gasteiger partial charge in [0.05, 0.1) is 4.47 Å². The Morgan fingerprint density at radius 3 is 2.60 bits per heavy atom. The van der Waals surface area contributed by atoms with Crippen LogP contribution in [0.1, 0.15) is 19.4 Å². The van der Waals surface area contributed by atoms with Crippen LogP contribution in [0.5, 0.6) is 0 Å². The summed E-state index contributed by atoms with van der Waals surface area (Å²) < 4.78 is 1.01. The molecule has 84 valence electrons. The zero-order valence-electron chi connectivity index (χ0n) is 9.71. The van der Waals surface area contributed by atoms with E-state index in [2.05, 4.69) is 45.7 Å². The zero-order valence-corrected chi connectivity index (χ0v) is 11.3. The first-order chi connectivity index (χ1) is 6.88. The average molecular weight is 272 g/mol. The smallest absolute Gasteiger partial charge is 0.143 e. The number of pyridine rings is 1. The Labute approximate surface area is 99.8 Å². The highest BCUT2D eigenvalue weighted by Gasteiger charge is 2.24. The molecule has 0 aliphatic rings. The minimum atomic E-state index is -0.0925. The third-order valence-electron chi connectivity index (χ3n) is 2.68. The number of likely N-dealkylation sites (N-methyl/N-ethyl adjacent to an activating group) is 1. The van der Waals surface area contributed by atoms with Gasteiger partial charge in [-0.2, -0.15) is 0 Å². The molecule has 1 aromatic heterocycles. The lowest BCUT2D eigenvalue weighted by atomic mass is 10.0. The van der Waals surface area contributed by atoms with Crippen molar-refractivity contribution in [1.82, 2.24) is 4.98 Å². The topological polar surface area (TPSA) is 42.2 Å². The molecule has 0 radical (unpaired) electrons. The summed E-state index contributed by atoms with van der Waals surface area (Å²) in [6, 6.07) is 2.06. The quantitative estimate of drug-likeness (QED) is 0.918. The first-order valence-electron chi connectivity index (χ1n) is 4.94. The minimum Gasteiger partial charge on any atom is -0.352 e. The highest BCUT2D eigenvalue weighted by molar-refractivity contribution is 9.10. The van der Waals surface area contributed by atoms with E-state index >= 15 is 0 Å². The molecule has 0 saturated heterocycles. The van der Waals surface area contributed by atoms with Gasteiger partial charge in [0.25, 0.3) is 0 Å². The maximum Gasteiger partial charge on any atom is 0.143 e. The van der Waals surface area contributed by atoms with Gasteiger partial charge in [-0.15, -0.1) is 0 Å². The van der Waals surface area contributed by atoms with E-state index < -0.39 is 0 Å². The van der Waals surface area contributed by atoms with Gasteiger partial charge in [0.2, 0.25) is 0 Å². The maximum atomic E-state index is 5.74. The van der Waals surface area contributed by atoms with Gasteiger partial charge < -0.3 is 10.6 Å². The van der Waals surface area contributed by atoms with Crippen molar-refractivity contribution in [2.75, 3.05) is 18.5 Å². The standard InChI is InChI=1S/C11H18BrN3/c1-8-5-9(12)10(14-6-8)15(4)11(2,3)7-13/h5-6H,7,13H2,1-4H3. The number of halogens is 1. The summed E-state index contributed by atoms with van der Waals surface area (Å²) in [7, 11) is 2.01. The Kier molecular flexibility index (Phi) is 3.73. The molecular formula is C11H18BrN3. The fourth-order valence-electron chi connectivity index (χ4n) is 1.20. The second kappa shape index (κ2) is 4.49. The van der Waals surface area contributed by atoms with Gasteiger partial charge in [-0.3, -0.25) is 0 Å². The highest BCUT2D eigenvalue weighted by atomic mass is 79.9. The molecule has 3 nitrogen and oxygen atoms in total. The Morgan fingerprint density at radius 2 is 2.13 bits per heavy atom. The molecule has 0 amide bonds. The molecule has 0 aromatic carbocycles. The zero-order chi connectivity index (χ0) is 11.6. The summed E-state index contributed by atoms with van der Waals surface area (Å²) in [5.74, 6) is 0.927. The first kappa shape index (κ1) is 12.5. The van der Waals surface area contributed by atoms with Crippen molar-refractivity contribution >= 4 is 21.7 Å². The molecule has 0 atom stereocenters. The normalized spacial score (nSPS) is 11.6. The van der Waals surface area contributed by atoms with E-state index in [0.717, 1.165) is 15.9 Å². The van der Waals surface area contributed by atoms with Crippen LogP contribution in [0, 0.1) is 6.92 Å². The summed E-state index contributed by atoms with van der Waals surface area (Å²) in [6.45, 7) is 6.81. The van der Waals surface area contributed by atoms with E-state index in [9.17, 15) is 0 Å². The van der Waals surface area contributed by atoms with Crippen LogP contribution in [0.4, 0.5) is 5.82 Å². The van der Waals surface area contributed by atoms with Gasteiger partial charge in [0.1, 0.15) is 5.82 Å². The molecule has 15 heavy (non-hydrogen) atoms. The van der Waals surface area contributed by atoms with Crippen molar-refractivity contribution in [2.45, 2.75) is 26.3 Å². The lowest BCUT2D eigenvalue weighted by molar-refractivity contribution is 0.494. The van der Waals surface area contributed by atoms with E-state index in [1.54, 1.807) is 0 Å². The number of hydrogen-bond acceptors (Lipinski definition) is 3. The van der Waals surface area contributed by atoms with Crippen LogP contribution >= 0.6 is 15.9 Å². The molecule has 4 heteroatoms. The van der Waals surface area contributed by atoms with Crippen LogP contribution in [0.2, 0.25) is 0 Å². The fraction of sp³-hybridized carbons (Fsp3) is 0.545. The number of anilines is 1. The minimum absolute atomic E-state index is 0.0925. The van der Waals surface area contributed by atoms with E-state index in [0.29, 0.717) is 6.54 Å². The molecule has 0 aliphatic carbocycles. The molecule has 0 fully saturated rings. The summed E-state index contributed by atoms with van der Waals surface area (Å²) in [4.78, 5) is 6.51. The Bertz CT molecular complexity index is 350. The Balaban J connectivity index is 3.06. The third-order valence-corrected chi connectivity index (χ3v) is 3.27. The summed E-state index contributed by atoms with van der Waals surface area (Å²) in [5.41, 5.74) is 6.79. The van der Waals surface area contributed by atoms with Crippen molar-refractivity contribution in [3.05, 3.63) is 22.3 Å². The molecule has 0 spiro atoms. The van der Waals surface area contributed by atoms with Crippen LogP contribution in [0.3, 0.4) is 0 Å². The molecule has 1 heterocycles. The van der Waals surface area contributed by atoms with Crippen molar-refractivity contribution in [2.24, 2.45) is 5.73 Å². The van der Waals surface area contributed by atoms with Crippen molar-refractivity contribution < 1.29 is 0 Å². The number of rotatable bonds is 3. The third kappa shape index (κ3) is 2.69. The number of nitrogens with zero attached hydrogens (tertiary/aromatic N) is 2. The predicted molar refractivity (Wildman–Crippen MR) is 68.2 cm³/mol. The number of aromatic nitrogens is 1. The second-order valence-corrected chi connectivity index (χ2v) is 5.25. The van der Waals surface area contributed by atoms with Gasteiger partial charge in [-0.25, -0.2) is 4.98 Å². The molecule has 1 aromatic rings. The van der Waals surface area contributed by atoms with Crippen LogP contribution in [-0.2, 0) is 0 Å². The molecule has 0 aliphatic heterocycles. The molecule has 0 unspecified atom stereocenters. The van der Waals surface area contributed by atoms with Crippen molar-refractivity contribution in [3.8, 4) is 0 Å². The number of nitrogens with two attached hydrogens (primary N) is 1. The van der Waals surface area contributed by atoms with Crippen LogP contribution in [0.15, 0.2) is 16.7 Å². The first-order valence-corrected chi connectivity index (χ1v) is 5.74. The molecule has 2 N–H and O–H groups in total. The SMILES string of the molecule is Cc1cnc(N(C)C(C)(C)CN)c(Br)c1. The monoisotopic (exact) mass is 271 g/mol. The molecule has 1 rings (SSSR count). The van der Waals surface area contributed by atoms with Crippen LogP contribution < -0.4 is 10.6 Å². The lowest BCUT2D eigenvalue weighted by Gasteiger charge is -2.36. The van der Waals surface area contributed by atoms with E-state index in [1.165, 1.54) is 0 Å². The van der Waals surface area contributed by atoms with Gasteiger partial charge in [-0.1, -0.05) is 0 Å². The van der Waals surface area contributed by atoms with Crippen molar-refractivity contribution in [1.29, 1.82) is 0 Å². The Hall–Kier alpha value is -0.610. The van der Waals surface area contributed by atoms with Gasteiger partial charge in [0, 0.05) is 25.3 Å². The average Bonchev–Trinajstić information content (AvgIpc) is 2.17. The van der Waals surface area contributed by atoms with Gasteiger partial charge in [-0.05, 0) is 48.3 Å². The summed E-state index contributed by atoms with van der Waals surface area (Å²) >= 11 is 3.52.